The van der Waals surface area contributed by atoms with Gasteiger partial charge in [-0.25, -0.2) is 4.68 Å². The normalized spacial score (nSPS) is 10.5. The lowest BCUT2D eigenvalue weighted by Crippen LogP contribution is -2.07. The Labute approximate surface area is 111 Å². The molecule has 3 rings (SSSR count). The maximum atomic E-state index is 4.11. The molecule has 1 heterocycles. The zero-order valence-electron chi connectivity index (χ0n) is 10.5. The molecule has 4 nitrogen and oxygen atoms in total. The Bertz CT molecular complexity index is 576. The lowest BCUT2D eigenvalue weighted by molar-refractivity contribution is 0.625. The molecule has 0 aliphatic carbocycles. The summed E-state index contributed by atoms with van der Waals surface area (Å²) in [4.78, 5) is 0. The second-order valence-corrected chi connectivity index (χ2v) is 4.40. The predicted molar refractivity (Wildman–Crippen MR) is 72.6 cm³/mol. The molecule has 0 N–H and O–H groups in total. The van der Waals surface area contributed by atoms with E-state index in [0.717, 1.165) is 12.2 Å². The summed E-state index contributed by atoms with van der Waals surface area (Å²) in [6, 6.07) is 20.4. The van der Waals surface area contributed by atoms with Crippen molar-refractivity contribution >= 4 is 0 Å². The van der Waals surface area contributed by atoms with Crippen molar-refractivity contribution in [2.24, 2.45) is 0 Å². The van der Waals surface area contributed by atoms with Gasteiger partial charge in [0.15, 0.2) is 5.82 Å². The topological polar surface area (TPSA) is 43.6 Å². The number of nitrogens with zero attached hydrogens (tertiary/aromatic N) is 4. The molecule has 2 aromatic carbocycles. The average molecular weight is 250 g/mol. The third kappa shape index (κ3) is 2.85. The second-order valence-electron chi connectivity index (χ2n) is 4.40. The van der Waals surface area contributed by atoms with Gasteiger partial charge in [0.25, 0.3) is 0 Å². The fraction of sp³-hybridized carbons (Fsp3) is 0.133. The van der Waals surface area contributed by atoms with Crippen molar-refractivity contribution in [2.75, 3.05) is 0 Å². The molecule has 3 aromatic rings. The van der Waals surface area contributed by atoms with Crippen molar-refractivity contribution in [3.63, 3.8) is 0 Å². The van der Waals surface area contributed by atoms with Gasteiger partial charge in [0.1, 0.15) is 0 Å². The number of hydrogen-bond acceptors (Lipinski definition) is 3. The fourth-order valence-electron chi connectivity index (χ4n) is 2.01. The minimum Gasteiger partial charge on any atom is -0.225 e. The smallest absolute Gasteiger partial charge is 0.156 e. The van der Waals surface area contributed by atoms with E-state index in [4.69, 9.17) is 0 Å². The second kappa shape index (κ2) is 5.44. The fourth-order valence-corrected chi connectivity index (χ4v) is 2.01. The molecule has 0 bridgehead atoms. The van der Waals surface area contributed by atoms with Crippen molar-refractivity contribution in [3.05, 3.63) is 77.6 Å². The summed E-state index contributed by atoms with van der Waals surface area (Å²) in [6.07, 6.45) is 0.751. The Hall–Kier alpha value is -2.49. The summed E-state index contributed by atoms with van der Waals surface area (Å²) in [5, 5.41) is 12.0. The largest absolute Gasteiger partial charge is 0.225 e. The van der Waals surface area contributed by atoms with Crippen LogP contribution in [0.1, 0.15) is 17.0 Å². The van der Waals surface area contributed by atoms with Gasteiger partial charge in [0.2, 0.25) is 0 Å². The number of rotatable bonds is 4. The number of aromatic nitrogens is 4. The van der Waals surface area contributed by atoms with Gasteiger partial charge in [0, 0.05) is 6.42 Å². The molecule has 0 saturated carbocycles. The van der Waals surface area contributed by atoms with Gasteiger partial charge in [-0.2, -0.15) is 0 Å². The van der Waals surface area contributed by atoms with Crippen LogP contribution in [0.25, 0.3) is 0 Å². The maximum Gasteiger partial charge on any atom is 0.156 e. The predicted octanol–water partition coefficient (Wildman–Crippen LogP) is 2.31. The van der Waals surface area contributed by atoms with Crippen LogP contribution < -0.4 is 0 Å². The van der Waals surface area contributed by atoms with Crippen LogP contribution in [0.4, 0.5) is 0 Å². The van der Waals surface area contributed by atoms with Crippen LogP contribution in [-0.2, 0) is 13.0 Å². The van der Waals surface area contributed by atoms with E-state index in [1.165, 1.54) is 11.1 Å². The van der Waals surface area contributed by atoms with E-state index in [0.29, 0.717) is 6.54 Å². The van der Waals surface area contributed by atoms with Crippen LogP contribution in [-0.4, -0.2) is 20.2 Å². The average Bonchev–Trinajstić information content (AvgIpc) is 2.88. The first kappa shape index (κ1) is 11.6. The number of benzene rings is 2. The molecule has 0 aliphatic rings. The van der Waals surface area contributed by atoms with Crippen molar-refractivity contribution in [1.82, 2.24) is 20.2 Å². The molecule has 1 aromatic heterocycles. The van der Waals surface area contributed by atoms with Crippen LogP contribution in [0, 0.1) is 0 Å². The van der Waals surface area contributed by atoms with Crippen molar-refractivity contribution in [2.45, 2.75) is 13.0 Å². The van der Waals surface area contributed by atoms with Gasteiger partial charge in [-0.05, 0) is 21.6 Å². The molecule has 19 heavy (non-hydrogen) atoms. The number of tetrazole rings is 1. The van der Waals surface area contributed by atoms with Crippen LogP contribution in [0.15, 0.2) is 60.7 Å². The monoisotopic (exact) mass is 250 g/mol. The van der Waals surface area contributed by atoms with Crippen molar-refractivity contribution < 1.29 is 0 Å². The highest BCUT2D eigenvalue weighted by Crippen LogP contribution is 2.08. The Balaban J connectivity index is 1.79. The quantitative estimate of drug-likeness (QED) is 0.713. The van der Waals surface area contributed by atoms with Gasteiger partial charge in [-0.15, -0.1) is 5.10 Å². The van der Waals surface area contributed by atoms with E-state index >= 15 is 0 Å². The Kier molecular flexibility index (Phi) is 3.32. The van der Waals surface area contributed by atoms with Crippen LogP contribution in [0.2, 0.25) is 0 Å². The summed E-state index contributed by atoms with van der Waals surface area (Å²) in [5.41, 5.74) is 2.41. The first-order chi connectivity index (χ1) is 9.42. The molecule has 0 aliphatic heterocycles. The molecule has 0 radical (unpaired) electrons. The summed E-state index contributed by atoms with van der Waals surface area (Å²) in [5.74, 6) is 0.884. The Morgan fingerprint density at radius 3 is 2.11 bits per heavy atom. The minimum atomic E-state index is 0.704. The highest BCUT2D eigenvalue weighted by Gasteiger charge is 2.07. The zero-order valence-corrected chi connectivity index (χ0v) is 10.5. The summed E-state index contributed by atoms with van der Waals surface area (Å²) < 4.78 is 1.85. The van der Waals surface area contributed by atoms with Crippen molar-refractivity contribution in [1.29, 1.82) is 0 Å². The third-order valence-corrected chi connectivity index (χ3v) is 2.99. The molecule has 0 saturated heterocycles. The van der Waals surface area contributed by atoms with Crippen LogP contribution >= 0.6 is 0 Å². The highest BCUT2D eigenvalue weighted by molar-refractivity contribution is 5.19. The summed E-state index contributed by atoms with van der Waals surface area (Å²) >= 11 is 0. The van der Waals surface area contributed by atoms with E-state index in [1.807, 2.05) is 41.1 Å². The van der Waals surface area contributed by atoms with Gasteiger partial charge < -0.3 is 0 Å². The standard InChI is InChI=1S/C15H14N4/c1-3-7-13(8-4-1)11-15-16-17-18-19(15)12-14-9-5-2-6-10-14/h1-10H,11-12H2. The molecule has 0 unspecified atom stereocenters. The minimum absolute atomic E-state index is 0.704. The Morgan fingerprint density at radius 1 is 0.789 bits per heavy atom. The van der Waals surface area contributed by atoms with E-state index in [9.17, 15) is 0 Å². The van der Waals surface area contributed by atoms with Gasteiger partial charge in [0.05, 0.1) is 6.54 Å². The zero-order chi connectivity index (χ0) is 12.9. The highest BCUT2D eigenvalue weighted by atomic mass is 15.5. The summed E-state index contributed by atoms with van der Waals surface area (Å²) in [6.45, 7) is 0.704. The van der Waals surface area contributed by atoms with E-state index in [1.54, 1.807) is 0 Å². The summed E-state index contributed by atoms with van der Waals surface area (Å²) in [7, 11) is 0. The lowest BCUT2D eigenvalue weighted by atomic mass is 10.1. The molecular weight excluding hydrogens is 236 g/mol. The van der Waals surface area contributed by atoms with Crippen LogP contribution in [0.3, 0.4) is 0 Å². The SMILES string of the molecule is c1ccc(Cc2nnnn2Cc2ccccc2)cc1. The first-order valence-electron chi connectivity index (χ1n) is 6.25. The molecule has 0 spiro atoms. The first-order valence-corrected chi connectivity index (χ1v) is 6.25. The molecule has 94 valence electrons. The molecule has 4 heteroatoms. The third-order valence-electron chi connectivity index (χ3n) is 2.99. The lowest BCUT2D eigenvalue weighted by Gasteiger charge is -2.04. The molecular formula is C15H14N4. The molecule has 0 fully saturated rings. The van der Waals surface area contributed by atoms with Gasteiger partial charge >= 0.3 is 0 Å². The van der Waals surface area contributed by atoms with E-state index < -0.39 is 0 Å². The molecule has 0 atom stereocenters. The Morgan fingerprint density at radius 2 is 1.42 bits per heavy atom. The van der Waals surface area contributed by atoms with E-state index in [-0.39, 0.29) is 0 Å². The van der Waals surface area contributed by atoms with Gasteiger partial charge in [-0.1, -0.05) is 60.7 Å². The molecule has 0 amide bonds. The van der Waals surface area contributed by atoms with Gasteiger partial charge in [-0.3, -0.25) is 0 Å². The number of hydrogen-bond donors (Lipinski definition) is 0. The van der Waals surface area contributed by atoms with Crippen LogP contribution in [0.5, 0.6) is 0 Å². The van der Waals surface area contributed by atoms with E-state index in [2.05, 4.69) is 39.8 Å². The maximum absolute atomic E-state index is 4.11. The van der Waals surface area contributed by atoms with Crippen molar-refractivity contribution in [3.8, 4) is 0 Å².